The molecule has 1 aliphatic rings. The molecule has 0 aromatic carbocycles. The molecule has 4 heteroatoms. The Morgan fingerprint density at radius 3 is 3.12 bits per heavy atom. The second-order valence-electron chi connectivity index (χ2n) is 4.71. The van der Waals surface area contributed by atoms with E-state index < -0.39 is 0 Å². The van der Waals surface area contributed by atoms with E-state index in [1.165, 1.54) is 37.2 Å². The first kappa shape index (κ1) is 13.4. The Kier molecular flexibility index (Phi) is 5.35. The lowest BCUT2D eigenvalue weighted by atomic mass is 10.2. The highest BCUT2D eigenvalue weighted by Gasteiger charge is 2.18. The van der Waals surface area contributed by atoms with Gasteiger partial charge in [0.2, 0.25) is 0 Å². The minimum atomic E-state index is 0.195. The Bertz CT molecular complexity index is 313. The van der Waals surface area contributed by atoms with Crippen LogP contribution in [0.1, 0.15) is 30.2 Å². The molecule has 2 atom stereocenters. The fourth-order valence-electron chi connectivity index (χ4n) is 2.41. The molecular formula is C13H22N2S2. The average Bonchev–Trinajstić information content (AvgIpc) is 2.78. The van der Waals surface area contributed by atoms with E-state index in [1.807, 2.05) is 11.8 Å². The number of thioether (sulfide) groups is 1. The molecule has 2 rings (SSSR count). The van der Waals surface area contributed by atoms with Crippen LogP contribution in [0.4, 0.5) is 0 Å². The topological polar surface area (TPSA) is 29.3 Å². The lowest BCUT2D eigenvalue weighted by Crippen LogP contribution is -2.32. The van der Waals surface area contributed by atoms with Crippen LogP contribution in [0.25, 0.3) is 0 Å². The molecule has 1 aliphatic heterocycles. The number of nitrogens with zero attached hydrogens (tertiary/aromatic N) is 1. The van der Waals surface area contributed by atoms with Crippen LogP contribution in [-0.4, -0.2) is 36.0 Å². The lowest BCUT2D eigenvalue weighted by molar-refractivity contribution is 0.269. The second-order valence-corrected chi connectivity index (χ2v) is 6.83. The summed E-state index contributed by atoms with van der Waals surface area (Å²) >= 11 is 3.80. The number of rotatable bonds is 4. The van der Waals surface area contributed by atoms with E-state index in [4.69, 9.17) is 5.73 Å². The van der Waals surface area contributed by atoms with Crippen molar-refractivity contribution in [1.82, 2.24) is 4.90 Å². The molecule has 0 spiro atoms. The summed E-state index contributed by atoms with van der Waals surface area (Å²) in [5.41, 5.74) is 6.25. The number of likely N-dealkylation sites (tertiary alicyclic amines) is 1. The molecule has 0 amide bonds. The highest BCUT2D eigenvalue weighted by molar-refractivity contribution is 7.99. The first-order chi connectivity index (χ1) is 8.29. The molecule has 1 aromatic heterocycles. The molecule has 0 saturated carbocycles. The van der Waals surface area contributed by atoms with Crippen LogP contribution >= 0.6 is 23.1 Å². The van der Waals surface area contributed by atoms with E-state index in [2.05, 4.69) is 28.7 Å². The Labute approximate surface area is 113 Å². The van der Waals surface area contributed by atoms with Gasteiger partial charge < -0.3 is 10.6 Å². The van der Waals surface area contributed by atoms with Gasteiger partial charge in [0.05, 0.1) is 6.04 Å². The van der Waals surface area contributed by atoms with Crippen LogP contribution in [0.15, 0.2) is 17.5 Å². The van der Waals surface area contributed by atoms with Gasteiger partial charge in [-0.05, 0) is 50.1 Å². The maximum Gasteiger partial charge on any atom is 0.0519 e. The fourth-order valence-corrected chi connectivity index (χ4v) is 3.88. The molecule has 17 heavy (non-hydrogen) atoms. The normalized spacial score (nSPS) is 24.5. The van der Waals surface area contributed by atoms with Gasteiger partial charge >= 0.3 is 0 Å². The summed E-state index contributed by atoms with van der Waals surface area (Å²) in [6.07, 6.45) is 6.24. The van der Waals surface area contributed by atoms with Crippen molar-refractivity contribution in [3.63, 3.8) is 0 Å². The highest BCUT2D eigenvalue weighted by Crippen LogP contribution is 2.23. The van der Waals surface area contributed by atoms with Crippen LogP contribution in [-0.2, 0) is 0 Å². The van der Waals surface area contributed by atoms with Gasteiger partial charge in [-0.2, -0.15) is 11.8 Å². The van der Waals surface area contributed by atoms with E-state index in [9.17, 15) is 0 Å². The van der Waals surface area contributed by atoms with Gasteiger partial charge in [-0.1, -0.05) is 6.07 Å². The second kappa shape index (κ2) is 6.78. The van der Waals surface area contributed by atoms with Gasteiger partial charge in [-0.15, -0.1) is 11.3 Å². The van der Waals surface area contributed by atoms with Crippen molar-refractivity contribution in [2.24, 2.45) is 5.73 Å². The maximum atomic E-state index is 6.25. The largest absolute Gasteiger partial charge is 0.322 e. The predicted molar refractivity (Wildman–Crippen MR) is 78.8 cm³/mol. The molecule has 0 radical (unpaired) electrons. The molecule has 1 aromatic rings. The Balaban J connectivity index is 1.82. The van der Waals surface area contributed by atoms with Crippen LogP contribution in [0, 0.1) is 0 Å². The van der Waals surface area contributed by atoms with Crippen LogP contribution < -0.4 is 5.73 Å². The molecule has 0 bridgehead atoms. The smallest absolute Gasteiger partial charge is 0.0519 e. The third-order valence-electron chi connectivity index (χ3n) is 3.46. The van der Waals surface area contributed by atoms with Crippen molar-refractivity contribution in [3.8, 4) is 0 Å². The SMILES string of the molecule is CSC1CCCN(CC(N)c2cccs2)CC1. The Morgan fingerprint density at radius 1 is 1.53 bits per heavy atom. The van der Waals surface area contributed by atoms with Crippen molar-refractivity contribution >= 4 is 23.1 Å². The zero-order valence-corrected chi connectivity index (χ0v) is 12.1. The summed E-state index contributed by atoms with van der Waals surface area (Å²) in [6, 6.07) is 4.44. The zero-order valence-electron chi connectivity index (χ0n) is 10.5. The molecular weight excluding hydrogens is 248 g/mol. The summed E-state index contributed by atoms with van der Waals surface area (Å²) in [6.45, 7) is 3.45. The van der Waals surface area contributed by atoms with Crippen LogP contribution in [0.5, 0.6) is 0 Å². The lowest BCUT2D eigenvalue weighted by Gasteiger charge is -2.23. The summed E-state index contributed by atoms with van der Waals surface area (Å²) in [4.78, 5) is 3.86. The number of nitrogens with two attached hydrogens (primary N) is 1. The summed E-state index contributed by atoms with van der Waals surface area (Å²) in [7, 11) is 0. The number of hydrogen-bond acceptors (Lipinski definition) is 4. The Hall–Kier alpha value is -0.0300. The molecule has 2 nitrogen and oxygen atoms in total. The molecule has 1 fully saturated rings. The summed E-state index contributed by atoms with van der Waals surface area (Å²) in [5.74, 6) is 0. The van der Waals surface area contributed by atoms with Gasteiger partial charge in [0.25, 0.3) is 0 Å². The van der Waals surface area contributed by atoms with Gasteiger partial charge in [0.1, 0.15) is 0 Å². The molecule has 2 N–H and O–H groups in total. The zero-order chi connectivity index (χ0) is 12.1. The van der Waals surface area contributed by atoms with E-state index in [-0.39, 0.29) is 6.04 Å². The van der Waals surface area contributed by atoms with E-state index in [0.717, 1.165) is 11.8 Å². The summed E-state index contributed by atoms with van der Waals surface area (Å²) < 4.78 is 0. The van der Waals surface area contributed by atoms with Crippen molar-refractivity contribution in [3.05, 3.63) is 22.4 Å². The van der Waals surface area contributed by atoms with Crippen molar-refractivity contribution in [2.45, 2.75) is 30.6 Å². The standard InChI is InChI=1S/C13H22N2S2/c1-16-11-4-2-7-15(8-6-11)10-12(14)13-5-3-9-17-13/h3,5,9,11-12H,2,4,6-8,10,14H2,1H3. The third kappa shape index (κ3) is 3.98. The van der Waals surface area contributed by atoms with Crippen LogP contribution in [0.2, 0.25) is 0 Å². The average molecular weight is 270 g/mol. The first-order valence-corrected chi connectivity index (χ1v) is 8.50. The molecule has 1 saturated heterocycles. The quantitative estimate of drug-likeness (QED) is 0.912. The van der Waals surface area contributed by atoms with Gasteiger partial charge in [0.15, 0.2) is 0 Å². The maximum absolute atomic E-state index is 6.25. The molecule has 0 aliphatic carbocycles. The Morgan fingerprint density at radius 2 is 2.41 bits per heavy atom. The van der Waals surface area contributed by atoms with E-state index in [0.29, 0.717) is 0 Å². The molecule has 2 heterocycles. The fraction of sp³-hybridized carbons (Fsp3) is 0.692. The summed E-state index contributed by atoms with van der Waals surface area (Å²) in [5, 5.41) is 2.97. The van der Waals surface area contributed by atoms with Crippen LogP contribution in [0.3, 0.4) is 0 Å². The highest BCUT2D eigenvalue weighted by atomic mass is 32.2. The minimum Gasteiger partial charge on any atom is -0.322 e. The van der Waals surface area contributed by atoms with E-state index >= 15 is 0 Å². The number of thiophene rings is 1. The monoisotopic (exact) mass is 270 g/mol. The van der Waals surface area contributed by atoms with E-state index in [1.54, 1.807) is 11.3 Å². The molecule has 96 valence electrons. The van der Waals surface area contributed by atoms with Gasteiger partial charge in [-0.3, -0.25) is 0 Å². The third-order valence-corrected chi connectivity index (χ3v) is 5.61. The van der Waals surface area contributed by atoms with Crippen molar-refractivity contribution in [1.29, 1.82) is 0 Å². The van der Waals surface area contributed by atoms with Crippen molar-refractivity contribution < 1.29 is 0 Å². The van der Waals surface area contributed by atoms with Crippen molar-refractivity contribution in [2.75, 3.05) is 25.9 Å². The predicted octanol–water partition coefficient (Wildman–Crippen LogP) is 2.97. The first-order valence-electron chi connectivity index (χ1n) is 6.33. The van der Waals surface area contributed by atoms with Gasteiger partial charge in [-0.25, -0.2) is 0 Å². The molecule has 2 unspecified atom stereocenters. The minimum absolute atomic E-state index is 0.195. The van der Waals surface area contributed by atoms with Gasteiger partial charge in [0, 0.05) is 16.7 Å². The number of hydrogen-bond donors (Lipinski definition) is 1.